The molecule has 0 bridgehead atoms. The molecule has 0 spiro atoms. The molecule has 0 aliphatic heterocycles. The summed E-state index contributed by atoms with van der Waals surface area (Å²) in [6, 6.07) is 8.44. The third kappa shape index (κ3) is 2.26. The number of hydrogen-bond donors (Lipinski definition) is 2. The summed E-state index contributed by atoms with van der Waals surface area (Å²) in [4.78, 5) is 3.28. The molecule has 0 atom stereocenters. The fraction of sp³-hybridized carbons (Fsp3) is 0.231. The zero-order valence-electron chi connectivity index (χ0n) is 10.0. The van der Waals surface area contributed by atoms with E-state index in [1.54, 1.807) is 6.20 Å². The highest BCUT2D eigenvalue weighted by Crippen LogP contribution is 2.16. The van der Waals surface area contributed by atoms with E-state index in [1.807, 2.05) is 17.1 Å². The molecule has 0 saturated carbocycles. The lowest BCUT2D eigenvalue weighted by atomic mass is 10.1. The number of nitrogens with zero attached hydrogens (tertiary/aromatic N) is 3. The van der Waals surface area contributed by atoms with Gasteiger partial charge < -0.3 is 10.3 Å². The van der Waals surface area contributed by atoms with E-state index in [1.165, 1.54) is 16.5 Å². The molecule has 92 valence electrons. The van der Waals surface area contributed by atoms with E-state index in [-0.39, 0.29) is 0 Å². The molecular weight excluding hydrogens is 226 g/mol. The first-order valence-corrected chi connectivity index (χ1v) is 6.03. The van der Waals surface area contributed by atoms with Gasteiger partial charge in [-0.05, 0) is 17.0 Å². The highest BCUT2D eigenvalue weighted by molar-refractivity contribution is 5.82. The van der Waals surface area contributed by atoms with E-state index in [9.17, 15) is 0 Å². The van der Waals surface area contributed by atoms with Crippen molar-refractivity contribution in [3.8, 4) is 0 Å². The second kappa shape index (κ2) is 5.01. The largest absolute Gasteiger partial charge is 0.361 e. The summed E-state index contributed by atoms with van der Waals surface area (Å²) in [6.45, 7) is 2.56. The second-order valence-corrected chi connectivity index (χ2v) is 4.20. The molecule has 3 rings (SSSR count). The van der Waals surface area contributed by atoms with E-state index in [4.69, 9.17) is 0 Å². The summed E-state index contributed by atoms with van der Waals surface area (Å²) >= 11 is 0. The highest BCUT2D eigenvalue weighted by atomic mass is 15.4. The van der Waals surface area contributed by atoms with Gasteiger partial charge in [0.2, 0.25) is 0 Å². The first-order chi connectivity index (χ1) is 8.93. The molecule has 5 nitrogen and oxygen atoms in total. The van der Waals surface area contributed by atoms with Gasteiger partial charge >= 0.3 is 0 Å². The Morgan fingerprint density at radius 1 is 1.28 bits per heavy atom. The van der Waals surface area contributed by atoms with Crippen LogP contribution in [-0.4, -0.2) is 26.5 Å². The molecule has 0 unspecified atom stereocenters. The fourth-order valence-corrected chi connectivity index (χ4v) is 2.07. The van der Waals surface area contributed by atoms with Gasteiger partial charge in [-0.15, -0.1) is 5.10 Å². The van der Waals surface area contributed by atoms with Crippen LogP contribution >= 0.6 is 0 Å². The number of rotatable bonds is 5. The zero-order chi connectivity index (χ0) is 12.2. The quantitative estimate of drug-likeness (QED) is 0.666. The second-order valence-electron chi connectivity index (χ2n) is 4.20. The molecule has 5 heteroatoms. The maximum absolute atomic E-state index is 3.92. The molecule has 0 fully saturated rings. The molecule has 0 aliphatic rings. The lowest BCUT2D eigenvalue weighted by Crippen LogP contribution is -2.20. The number of para-hydroxylation sites is 1. The van der Waals surface area contributed by atoms with Crippen LogP contribution in [0.2, 0.25) is 0 Å². The molecule has 3 aromatic rings. The molecule has 0 amide bonds. The van der Waals surface area contributed by atoms with Crippen LogP contribution in [0.3, 0.4) is 0 Å². The van der Waals surface area contributed by atoms with Crippen LogP contribution in [0, 0.1) is 0 Å². The molecule has 2 heterocycles. The monoisotopic (exact) mass is 241 g/mol. The van der Waals surface area contributed by atoms with Gasteiger partial charge in [0.1, 0.15) is 0 Å². The molecule has 0 radical (unpaired) electrons. The Hall–Kier alpha value is -2.14. The van der Waals surface area contributed by atoms with Crippen molar-refractivity contribution < 1.29 is 0 Å². The summed E-state index contributed by atoms with van der Waals surface area (Å²) in [6.07, 6.45) is 5.54. The first-order valence-electron chi connectivity index (χ1n) is 6.03. The minimum atomic E-state index is 0.834. The van der Waals surface area contributed by atoms with E-state index in [0.29, 0.717) is 0 Å². The first kappa shape index (κ1) is 11.0. The van der Waals surface area contributed by atoms with Crippen molar-refractivity contribution in [3.05, 3.63) is 48.4 Å². The molecule has 0 aliphatic carbocycles. The van der Waals surface area contributed by atoms with Gasteiger partial charge in [-0.25, -0.2) is 0 Å². The molecular formula is C13H15N5. The van der Waals surface area contributed by atoms with Crippen LogP contribution in [0.15, 0.2) is 42.9 Å². The number of aromatic nitrogens is 4. The van der Waals surface area contributed by atoms with Gasteiger partial charge in [0, 0.05) is 31.0 Å². The minimum Gasteiger partial charge on any atom is -0.361 e. The Morgan fingerprint density at radius 2 is 2.28 bits per heavy atom. The average molecular weight is 241 g/mol. The van der Waals surface area contributed by atoms with Crippen molar-refractivity contribution in [2.24, 2.45) is 0 Å². The Bertz CT molecular complexity index is 611. The number of H-pyrrole nitrogens is 1. The molecule has 18 heavy (non-hydrogen) atoms. The SMILES string of the molecule is c1cc(CNCCn2ccnn2)c2[nH]ccc2c1. The summed E-state index contributed by atoms with van der Waals surface area (Å²) in [5.41, 5.74) is 2.50. The summed E-state index contributed by atoms with van der Waals surface area (Å²) in [5, 5.41) is 12.4. The predicted octanol–water partition coefficient (Wildman–Crippen LogP) is 1.55. The Morgan fingerprint density at radius 3 is 3.17 bits per heavy atom. The Labute approximate surface area is 105 Å². The van der Waals surface area contributed by atoms with Crippen molar-refractivity contribution >= 4 is 10.9 Å². The van der Waals surface area contributed by atoms with Crippen LogP contribution < -0.4 is 5.32 Å². The lowest BCUT2D eigenvalue weighted by Gasteiger charge is -2.06. The summed E-state index contributed by atoms with van der Waals surface area (Å²) < 4.78 is 1.82. The van der Waals surface area contributed by atoms with Crippen molar-refractivity contribution in [1.82, 2.24) is 25.3 Å². The van der Waals surface area contributed by atoms with Crippen molar-refractivity contribution in [1.29, 1.82) is 0 Å². The highest BCUT2D eigenvalue weighted by Gasteiger charge is 2.00. The van der Waals surface area contributed by atoms with Crippen molar-refractivity contribution in [2.75, 3.05) is 6.54 Å². The zero-order valence-corrected chi connectivity index (χ0v) is 10.0. The van der Waals surface area contributed by atoms with Gasteiger partial charge in [-0.3, -0.25) is 4.68 Å². The van der Waals surface area contributed by atoms with Crippen LogP contribution in [-0.2, 0) is 13.1 Å². The Kier molecular flexibility index (Phi) is 3.06. The summed E-state index contributed by atoms with van der Waals surface area (Å²) in [7, 11) is 0. The lowest BCUT2D eigenvalue weighted by molar-refractivity contribution is 0.541. The van der Waals surface area contributed by atoms with Gasteiger partial charge in [-0.2, -0.15) is 0 Å². The maximum Gasteiger partial charge on any atom is 0.0692 e. The average Bonchev–Trinajstić information content (AvgIpc) is 3.05. The number of aromatic amines is 1. The smallest absolute Gasteiger partial charge is 0.0692 e. The topological polar surface area (TPSA) is 58.5 Å². The van der Waals surface area contributed by atoms with E-state index < -0.39 is 0 Å². The number of benzene rings is 1. The maximum atomic E-state index is 3.92. The van der Waals surface area contributed by atoms with Crippen molar-refractivity contribution in [3.63, 3.8) is 0 Å². The number of hydrogen-bond acceptors (Lipinski definition) is 3. The van der Waals surface area contributed by atoms with Gasteiger partial charge in [0.05, 0.1) is 12.7 Å². The standard InChI is InChI=1S/C13H15N5/c1-2-11-4-5-15-13(11)12(3-1)10-14-6-8-18-9-7-16-17-18/h1-5,7,9,14-15H,6,8,10H2. The van der Waals surface area contributed by atoms with Gasteiger partial charge in [0.15, 0.2) is 0 Å². The van der Waals surface area contributed by atoms with Gasteiger partial charge in [0.25, 0.3) is 0 Å². The number of fused-ring (bicyclic) bond motifs is 1. The van der Waals surface area contributed by atoms with Crippen molar-refractivity contribution in [2.45, 2.75) is 13.1 Å². The number of nitrogens with one attached hydrogen (secondary N) is 2. The minimum absolute atomic E-state index is 0.834. The van der Waals surface area contributed by atoms with Gasteiger partial charge in [-0.1, -0.05) is 23.4 Å². The van der Waals surface area contributed by atoms with E-state index in [0.717, 1.165) is 19.6 Å². The van der Waals surface area contributed by atoms with Crippen LogP contribution in [0.5, 0.6) is 0 Å². The molecule has 0 saturated heterocycles. The molecule has 2 aromatic heterocycles. The fourth-order valence-electron chi connectivity index (χ4n) is 2.07. The third-order valence-electron chi connectivity index (χ3n) is 2.98. The van der Waals surface area contributed by atoms with E-state index in [2.05, 4.69) is 44.9 Å². The molecule has 2 N–H and O–H groups in total. The third-order valence-corrected chi connectivity index (χ3v) is 2.98. The van der Waals surface area contributed by atoms with Crippen LogP contribution in [0.4, 0.5) is 0 Å². The van der Waals surface area contributed by atoms with Crippen LogP contribution in [0.1, 0.15) is 5.56 Å². The normalized spacial score (nSPS) is 11.1. The summed E-state index contributed by atoms with van der Waals surface area (Å²) in [5.74, 6) is 0. The van der Waals surface area contributed by atoms with E-state index >= 15 is 0 Å². The predicted molar refractivity (Wildman–Crippen MR) is 70.0 cm³/mol. The van der Waals surface area contributed by atoms with Crippen LogP contribution in [0.25, 0.3) is 10.9 Å². The molecule has 1 aromatic carbocycles. The Balaban J connectivity index is 1.58.